The zero-order valence-electron chi connectivity index (χ0n) is 18.7. The summed E-state index contributed by atoms with van der Waals surface area (Å²) >= 11 is 0. The van der Waals surface area contributed by atoms with Crippen LogP contribution < -0.4 is 4.90 Å². The van der Waals surface area contributed by atoms with E-state index in [1.165, 1.54) is 7.11 Å². The molecule has 4 rings (SSSR count). The van der Waals surface area contributed by atoms with Gasteiger partial charge in [0, 0.05) is 5.69 Å². The van der Waals surface area contributed by atoms with Gasteiger partial charge < -0.3 is 9.64 Å². The molecule has 0 radical (unpaired) electrons. The Morgan fingerprint density at radius 3 is 1.94 bits per heavy atom. The van der Waals surface area contributed by atoms with E-state index < -0.39 is 5.97 Å². The van der Waals surface area contributed by atoms with Crippen molar-refractivity contribution in [1.82, 2.24) is 0 Å². The third-order valence-corrected chi connectivity index (χ3v) is 5.68. The number of methoxy groups -OCH3 is 1. The lowest BCUT2D eigenvalue weighted by Gasteiger charge is -2.25. The van der Waals surface area contributed by atoms with E-state index >= 15 is 0 Å². The van der Waals surface area contributed by atoms with Crippen LogP contribution in [0.1, 0.15) is 31.8 Å². The predicted octanol–water partition coefficient (Wildman–Crippen LogP) is 6.30. The van der Waals surface area contributed by atoms with Crippen molar-refractivity contribution < 1.29 is 14.3 Å². The second-order valence-electron chi connectivity index (χ2n) is 7.77. The van der Waals surface area contributed by atoms with Gasteiger partial charge in [-0.2, -0.15) is 0 Å². The van der Waals surface area contributed by atoms with Crippen molar-refractivity contribution in [2.75, 3.05) is 12.0 Å². The van der Waals surface area contributed by atoms with Crippen LogP contribution in [-0.4, -0.2) is 19.0 Å². The van der Waals surface area contributed by atoms with Crippen LogP contribution in [0.2, 0.25) is 0 Å². The van der Waals surface area contributed by atoms with Gasteiger partial charge in [0.15, 0.2) is 0 Å². The van der Waals surface area contributed by atoms with Gasteiger partial charge in [-0.05, 0) is 53.4 Å². The highest BCUT2D eigenvalue weighted by atomic mass is 16.5. The van der Waals surface area contributed by atoms with Crippen molar-refractivity contribution in [3.05, 3.63) is 125 Å². The molecule has 0 aromatic heterocycles. The molecule has 0 saturated carbocycles. The molecule has 4 aromatic carbocycles. The van der Waals surface area contributed by atoms with Crippen LogP contribution in [0.5, 0.6) is 0 Å². The van der Waals surface area contributed by atoms with E-state index in [9.17, 15) is 9.59 Å². The molecule has 0 bridgehead atoms. The Bertz CT molecular complexity index is 1260. The summed E-state index contributed by atoms with van der Waals surface area (Å²) in [4.78, 5) is 27.8. The molecule has 0 aliphatic rings. The van der Waals surface area contributed by atoms with Gasteiger partial charge in [0.2, 0.25) is 0 Å². The lowest BCUT2D eigenvalue weighted by Crippen LogP contribution is -2.32. The summed E-state index contributed by atoms with van der Waals surface area (Å²) in [6.45, 7) is 2.41. The topological polar surface area (TPSA) is 46.6 Å². The summed E-state index contributed by atoms with van der Waals surface area (Å²) in [6.07, 6.45) is 0. The highest BCUT2D eigenvalue weighted by Crippen LogP contribution is 2.27. The SMILES string of the molecule is COC(=O)c1ccccc1C(=O)N(Cc1ccccc1C)c1ccc(-c2ccccc2)cc1. The fraction of sp³-hybridized carbons (Fsp3) is 0.103. The third kappa shape index (κ3) is 4.85. The van der Waals surface area contributed by atoms with Gasteiger partial charge in [-0.3, -0.25) is 4.79 Å². The van der Waals surface area contributed by atoms with Crippen LogP contribution in [0, 0.1) is 6.92 Å². The zero-order chi connectivity index (χ0) is 23.2. The van der Waals surface area contributed by atoms with E-state index in [0.29, 0.717) is 12.1 Å². The molecule has 4 nitrogen and oxygen atoms in total. The number of benzene rings is 4. The number of nitrogens with zero attached hydrogens (tertiary/aromatic N) is 1. The fourth-order valence-electron chi connectivity index (χ4n) is 3.81. The molecule has 33 heavy (non-hydrogen) atoms. The number of rotatable bonds is 6. The normalized spacial score (nSPS) is 10.5. The molecule has 0 aliphatic heterocycles. The number of esters is 1. The maximum Gasteiger partial charge on any atom is 0.338 e. The molecule has 4 heteroatoms. The van der Waals surface area contributed by atoms with Crippen LogP contribution in [0.15, 0.2) is 103 Å². The Morgan fingerprint density at radius 2 is 1.27 bits per heavy atom. The first kappa shape index (κ1) is 22.0. The maximum absolute atomic E-state index is 13.8. The van der Waals surface area contributed by atoms with E-state index in [0.717, 1.165) is 27.9 Å². The molecule has 0 unspecified atom stereocenters. The molecule has 0 atom stereocenters. The van der Waals surface area contributed by atoms with Crippen LogP contribution in [0.4, 0.5) is 5.69 Å². The largest absolute Gasteiger partial charge is 0.465 e. The van der Waals surface area contributed by atoms with E-state index in [-0.39, 0.29) is 11.5 Å². The minimum Gasteiger partial charge on any atom is -0.465 e. The van der Waals surface area contributed by atoms with Crippen LogP contribution in [-0.2, 0) is 11.3 Å². The van der Waals surface area contributed by atoms with Gasteiger partial charge in [0.1, 0.15) is 0 Å². The summed E-state index contributed by atoms with van der Waals surface area (Å²) in [5.41, 5.74) is 5.62. The number of carbonyl (C=O) groups excluding carboxylic acids is 2. The fourth-order valence-corrected chi connectivity index (χ4v) is 3.81. The van der Waals surface area contributed by atoms with E-state index in [1.807, 2.05) is 73.7 Å². The Kier molecular flexibility index (Phi) is 6.65. The average Bonchev–Trinajstić information content (AvgIpc) is 2.88. The van der Waals surface area contributed by atoms with Crippen LogP contribution >= 0.6 is 0 Å². The minimum atomic E-state index is -0.533. The third-order valence-electron chi connectivity index (χ3n) is 5.68. The van der Waals surface area contributed by atoms with Crippen LogP contribution in [0.3, 0.4) is 0 Å². The molecule has 0 fully saturated rings. The lowest BCUT2D eigenvalue weighted by molar-refractivity contribution is 0.0597. The number of amides is 1. The molecule has 1 amide bonds. The van der Waals surface area contributed by atoms with Gasteiger partial charge in [-0.15, -0.1) is 0 Å². The summed E-state index contributed by atoms with van der Waals surface area (Å²) in [5.74, 6) is -0.791. The number of hydrogen-bond acceptors (Lipinski definition) is 3. The van der Waals surface area contributed by atoms with E-state index in [2.05, 4.69) is 12.1 Å². The van der Waals surface area contributed by atoms with Gasteiger partial charge in [-0.25, -0.2) is 4.79 Å². The van der Waals surface area contributed by atoms with Crippen molar-refractivity contribution in [3.8, 4) is 11.1 Å². The Balaban J connectivity index is 1.75. The number of ether oxygens (including phenoxy) is 1. The monoisotopic (exact) mass is 435 g/mol. The first-order chi connectivity index (χ1) is 16.1. The smallest absolute Gasteiger partial charge is 0.338 e. The predicted molar refractivity (Wildman–Crippen MR) is 131 cm³/mol. The number of anilines is 1. The van der Waals surface area contributed by atoms with E-state index in [1.54, 1.807) is 29.2 Å². The van der Waals surface area contributed by atoms with Gasteiger partial charge >= 0.3 is 5.97 Å². The Hall–Kier alpha value is -4.18. The summed E-state index contributed by atoms with van der Waals surface area (Å²) in [7, 11) is 1.32. The minimum absolute atomic E-state index is 0.251. The van der Waals surface area contributed by atoms with Crippen molar-refractivity contribution in [2.45, 2.75) is 13.5 Å². The van der Waals surface area contributed by atoms with Crippen molar-refractivity contribution in [3.63, 3.8) is 0 Å². The first-order valence-electron chi connectivity index (χ1n) is 10.8. The standard InChI is InChI=1S/C29H25NO3/c1-21-10-6-7-13-24(21)20-30(28(31)26-14-8-9-15-27(26)29(32)33-2)25-18-16-23(17-19-25)22-11-4-3-5-12-22/h3-19H,20H2,1-2H3. The van der Waals surface area contributed by atoms with Gasteiger partial charge in [0.05, 0.1) is 24.8 Å². The van der Waals surface area contributed by atoms with E-state index in [4.69, 9.17) is 4.74 Å². The summed E-state index contributed by atoms with van der Waals surface area (Å²) in [6, 6.07) is 32.7. The lowest BCUT2D eigenvalue weighted by atomic mass is 10.0. The van der Waals surface area contributed by atoms with Crippen molar-refractivity contribution in [1.29, 1.82) is 0 Å². The molecule has 0 aliphatic carbocycles. The highest BCUT2D eigenvalue weighted by molar-refractivity contribution is 6.12. The molecule has 4 aromatic rings. The maximum atomic E-state index is 13.8. The van der Waals surface area contributed by atoms with Gasteiger partial charge in [-0.1, -0.05) is 78.9 Å². The Morgan fingerprint density at radius 1 is 0.697 bits per heavy atom. The zero-order valence-corrected chi connectivity index (χ0v) is 18.7. The van der Waals surface area contributed by atoms with Crippen molar-refractivity contribution in [2.24, 2.45) is 0 Å². The average molecular weight is 436 g/mol. The number of carbonyl (C=O) groups is 2. The van der Waals surface area contributed by atoms with Crippen LogP contribution in [0.25, 0.3) is 11.1 Å². The molecular formula is C29H25NO3. The van der Waals surface area contributed by atoms with Gasteiger partial charge in [0.25, 0.3) is 5.91 Å². The second-order valence-corrected chi connectivity index (χ2v) is 7.77. The molecule has 164 valence electrons. The summed E-state index contributed by atoms with van der Waals surface area (Å²) < 4.78 is 4.90. The highest BCUT2D eigenvalue weighted by Gasteiger charge is 2.24. The molecule has 0 N–H and O–H groups in total. The first-order valence-corrected chi connectivity index (χ1v) is 10.8. The quantitative estimate of drug-likeness (QED) is 0.334. The van der Waals surface area contributed by atoms with Crippen molar-refractivity contribution >= 4 is 17.6 Å². The molecule has 0 spiro atoms. The summed E-state index contributed by atoms with van der Waals surface area (Å²) in [5, 5.41) is 0. The molecule has 0 saturated heterocycles. The molecule has 0 heterocycles. The second kappa shape index (κ2) is 9.96. The molecular weight excluding hydrogens is 410 g/mol. The number of aryl methyl sites for hydroxylation is 1. The number of hydrogen-bond donors (Lipinski definition) is 0. The Labute approximate surface area is 194 Å².